The van der Waals surface area contributed by atoms with Crippen LogP contribution < -0.4 is 9.47 Å². The maximum absolute atomic E-state index is 14.3. The van der Waals surface area contributed by atoms with Gasteiger partial charge in [0.25, 0.3) is 5.91 Å². The lowest BCUT2D eigenvalue weighted by Crippen LogP contribution is -2.27. The minimum atomic E-state index is -0.576. The Balaban J connectivity index is 1.64. The topological polar surface area (TPSA) is 64.8 Å². The van der Waals surface area contributed by atoms with Crippen LogP contribution in [0, 0.1) is 12.7 Å². The molecule has 4 rings (SSSR count). The Morgan fingerprint density at radius 2 is 2.04 bits per heavy atom. The number of amides is 1. The summed E-state index contributed by atoms with van der Waals surface area (Å²) in [5, 5.41) is 4.04. The third kappa shape index (κ3) is 3.18. The molecule has 0 bridgehead atoms. The number of rotatable bonds is 4. The van der Waals surface area contributed by atoms with Crippen molar-refractivity contribution in [3.05, 3.63) is 64.1 Å². The molecule has 2 aromatic carbocycles. The van der Waals surface area contributed by atoms with Gasteiger partial charge in [0.05, 0.1) is 10.6 Å². The van der Waals surface area contributed by atoms with Crippen LogP contribution in [0.25, 0.3) is 11.3 Å². The molecule has 28 heavy (non-hydrogen) atoms. The first-order valence-corrected chi connectivity index (χ1v) is 8.88. The van der Waals surface area contributed by atoms with Gasteiger partial charge >= 0.3 is 0 Å². The quantitative estimate of drug-likeness (QED) is 0.645. The molecule has 0 fully saturated rings. The number of halogens is 2. The van der Waals surface area contributed by atoms with Crippen LogP contribution in [0.5, 0.6) is 11.5 Å². The molecule has 0 saturated carbocycles. The van der Waals surface area contributed by atoms with E-state index in [1.54, 1.807) is 20.0 Å². The number of carbonyl (C=O) groups excluding carboxylic acids is 1. The molecule has 0 aliphatic carbocycles. The van der Waals surface area contributed by atoms with Gasteiger partial charge in [0.1, 0.15) is 22.8 Å². The molecular weight excluding hydrogens is 387 g/mol. The van der Waals surface area contributed by atoms with Gasteiger partial charge in [0.15, 0.2) is 11.5 Å². The van der Waals surface area contributed by atoms with Gasteiger partial charge < -0.3 is 18.9 Å². The van der Waals surface area contributed by atoms with Crippen molar-refractivity contribution in [3.8, 4) is 22.8 Å². The van der Waals surface area contributed by atoms with Crippen molar-refractivity contribution in [2.75, 3.05) is 13.8 Å². The first-order valence-electron chi connectivity index (χ1n) is 8.50. The number of fused-ring (bicyclic) bond motifs is 1. The zero-order valence-corrected chi connectivity index (χ0v) is 15.9. The van der Waals surface area contributed by atoms with Crippen molar-refractivity contribution in [1.82, 2.24) is 10.1 Å². The number of ether oxygens (including phenoxy) is 2. The first kappa shape index (κ1) is 18.3. The van der Waals surface area contributed by atoms with Crippen molar-refractivity contribution in [2.24, 2.45) is 0 Å². The van der Waals surface area contributed by atoms with Crippen LogP contribution in [-0.4, -0.2) is 29.8 Å². The Morgan fingerprint density at radius 1 is 1.25 bits per heavy atom. The standard InChI is InChI=1S/C20H16ClFN2O4/c1-11-17(19(23-28-11)18-13(21)4-3-5-14(18)22)20(25)24(2)9-12-6-7-15-16(8-12)27-10-26-15/h3-8H,9-10H2,1-2H3. The van der Waals surface area contributed by atoms with E-state index in [0.717, 1.165) is 5.56 Å². The van der Waals surface area contributed by atoms with E-state index >= 15 is 0 Å². The van der Waals surface area contributed by atoms with Crippen LogP contribution in [0.4, 0.5) is 4.39 Å². The number of benzene rings is 2. The molecule has 3 aromatic rings. The fourth-order valence-electron chi connectivity index (χ4n) is 3.09. The fraction of sp³-hybridized carbons (Fsp3) is 0.200. The number of aryl methyl sites for hydroxylation is 1. The summed E-state index contributed by atoms with van der Waals surface area (Å²) >= 11 is 6.14. The first-order chi connectivity index (χ1) is 13.5. The summed E-state index contributed by atoms with van der Waals surface area (Å²) in [4.78, 5) is 14.6. The van der Waals surface area contributed by atoms with E-state index in [2.05, 4.69) is 5.16 Å². The number of carbonyl (C=O) groups is 1. The lowest BCUT2D eigenvalue weighted by molar-refractivity contribution is 0.0784. The zero-order chi connectivity index (χ0) is 19.8. The number of nitrogens with zero attached hydrogens (tertiary/aromatic N) is 2. The monoisotopic (exact) mass is 402 g/mol. The highest BCUT2D eigenvalue weighted by Gasteiger charge is 2.27. The summed E-state index contributed by atoms with van der Waals surface area (Å²) in [6, 6.07) is 9.75. The molecule has 0 unspecified atom stereocenters. The second-order valence-corrected chi connectivity index (χ2v) is 6.82. The highest BCUT2D eigenvalue weighted by Crippen LogP contribution is 2.35. The molecule has 144 valence electrons. The predicted molar refractivity (Wildman–Crippen MR) is 100 cm³/mol. The maximum Gasteiger partial charge on any atom is 0.259 e. The highest BCUT2D eigenvalue weighted by atomic mass is 35.5. The van der Waals surface area contributed by atoms with Crippen molar-refractivity contribution in [2.45, 2.75) is 13.5 Å². The highest BCUT2D eigenvalue weighted by molar-refractivity contribution is 6.33. The van der Waals surface area contributed by atoms with Crippen LogP contribution >= 0.6 is 11.6 Å². The molecule has 6 nitrogen and oxygen atoms in total. The van der Waals surface area contributed by atoms with Crippen molar-refractivity contribution >= 4 is 17.5 Å². The average molecular weight is 403 g/mol. The molecule has 8 heteroatoms. The van der Waals surface area contributed by atoms with E-state index in [1.165, 1.54) is 23.1 Å². The van der Waals surface area contributed by atoms with Gasteiger partial charge in [-0.3, -0.25) is 4.79 Å². The molecule has 2 heterocycles. The lowest BCUT2D eigenvalue weighted by Gasteiger charge is -2.18. The van der Waals surface area contributed by atoms with E-state index in [0.29, 0.717) is 18.0 Å². The van der Waals surface area contributed by atoms with Gasteiger partial charge in [0, 0.05) is 13.6 Å². The molecule has 0 saturated heterocycles. The summed E-state index contributed by atoms with van der Waals surface area (Å²) in [5.41, 5.74) is 1.17. The van der Waals surface area contributed by atoms with E-state index in [-0.39, 0.29) is 40.3 Å². The zero-order valence-electron chi connectivity index (χ0n) is 15.2. The number of hydrogen-bond acceptors (Lipinski definition) is 5. The Hall–Kier alpha value is -3.06. The van der Waals surface area contributed by atoms with E-state index in [4.69, 9.17) is 25.6 Å². The van der Waals surface area contributed by atoms with Crippen LogP contribution in [0.3, 0.4) is 0 Å². The molecule has 1 aromatic heterocycles. The molecular formula is C20H16ClFN2O4. The van der Waals surface area contributed by atoms with Gasteiger partial charge in [-0.05, 0) is 36.8 Å². The number of hydrogen-bond donors (Lipinski definition) is 0. The van der Waals surface area contributed by atoms with Crippen molar-refractivity contribution in [1.29, 1.82) is 0 Å². The second kappa shape index (κ2) is 7.16. The summed E-state index contributed by atoms with van der Waals surface area (Å²) in [7, 11) is 1.64. The molecule has 1 amide bonds. The minimum absolute atomic E-state index is 0.0425. The van der Waals surface area contributed by atoms with E-state index in [9.17, 15) is 9.18 Å². The Labute approximate surface area is 165 Å². The average Bonchev–Trinajstić information content (AvgIpc) is 3.27. The molecule has 0 atom stereocenters. The summed E-state index contributed by atoms with van der Waals surface area (Å²) in [5.74, 6) is 0.665. The van der Waals surface area contributed by atoms with Gasteiger partial charge in [-0.1, -0.05) is 28.9 Å². The largest absolute Gasteiger partial charge is 0.454 e. The Bertz CT molecular complexity index is 1050. The molecule has 1 aliphatic heterocycles. The van der Waals surface area contributed by atoms with Crippen molar-refractivity contribution < 1.29 is 23.2 Å². The van der Waals surface area contributed by atoms with Gasteiger partial charge in [0.2, 0.25) is 6.79 Å². The SMILES string of the molecule is Cc1onc(-c2c(F)cccc2Cl)c1C(=O)N(C)Cc1ccc2c(c1)OCO2. The molecule has 0 radical (unpaired) electrons. The van der Waals surface area contributed by atoms with Gasteiger partial charge in [-0.15, -0.1) is 0 Å². The van der Waals surface area contributed by atoms with Gasteiger partial charge in [-0.2, -0.15) is 0 Å². The third-order valence-corrected chi connectivity index (χ3v) is 4.79. The van der Waals surface area contributed by atoms with E-state index in [1.807, 2.05) is 12.1 Å². The van der Waals surface area contributed by atoms with Crippen LogP contribution in [-0.2, 0) is 6.54 Å². The summed E-state index contributed by atoms with van der Waals surface area (Å²) in [6.45, 7) is 2.09. The third-order valence-electron chi connectivity index (χ3n) is 4.48. The Morgan fingerprint density at radius 3 is 2.82 bits per heavy atom. The van der Waals surface area contributed by atoms with Crippen LogP contribution in [0.2, 0.25) is 5.02 Å². The normalized spacial score (nSPS) is 12.3. The lowest BCUT2D eigenvalue weighted by atomic mass is 10.0. The summed E-state index contributed by atoms with van der Waals surface area (Å²) < 4.78 is 30.2. The van der Waals surface area contributed by atoms with Gasteiger partial charge in [-0.25, -0.2) is 4.39 Å². The predicted octanol–water partition coefficient (Wildman–Crippen LogP) is 4.44. The molecule has 0 spiro atoms. The smallest absolute Gasteiger partial charge is 0.259 e. The maximum atomic E-state index is 14.3. The fourth-order valence-corrected chi connectivity index (χ4v) is 3.35. The van der Waals surface area contributed by atoms with Crippen LogP contribution in [0.15, 0.2) is 40.9 Å². The minimum Gasteiger partial charge on any atom is -0.454 e. The second-order valence-electron chi connectivity index (χ2n) is 6.41. The Kier molecular flexibility index (Phi) is 4.68. The molecule has 0 N–H and O–H groups in total. The molecule has 1 aliphatic rings. The summed E-state index contributed by atoms with van der Waals surface area (Å²) in [6.07, 6.45) is 0. The van der Waals surface area contributed by atoms with Crippen LogP contribution in [0.1, 0.15) is 21.7 Å². The van der Waals surface area contributed by atoms with E-state index < -0.39 is 5.82 Å². The number of aromatic nitrogens is 1. The van der Waals surface area contributed by atoms with Crippen molar-refractivity contribution in [3.63, 3.8) is 0 Å².